The predicted molar refractivity (Wildman–Crippen MR) is 75.6 cm³/mol. The third-order valence-corrected chi connectivity index (χ3v) is 3.25. The third kappa shape index (κ3) is 3.63. The number of aromatic nitrogens is 3. The number of aromatic amines is 1. The number of hydrogen-bond donors (Lipinski definition) is 2. The van der Waals surface area contributed by atoms with Gasteiger partial charge in [-0.25, -0.2) is 4.98 Å². The molecular formula is C11H11N5O5S. The Morgan fingerprint density at radius 2 is 2.32 bits per heavy atom. The van der Waals surface area contributed by atoms with Gasteiger partial charge in [-0.1, -0.05) is 0 Å². The maximum absolute atomic E-state index is 11.9. The summed E-state index contributed by atoms with van der Waals surface area (Å²) in [5.41, 5.74) is -0.259. The lowest BCUT2D eigenvalue weighted by Gasteiger charge is -1.99. The van der Waals surface area contributed by atoms with E-state index in [9.17, 15) is 19.7 Å². The minimum absolute atomic E-state index is 0.00951. The van der Waals surface area contributed by atoms with Gasteiger partial charge < -0.3 is 4.74 Å². The minimum atomic E-state index is -0.735. The Bertz CT molecular complexity index is 709. The van der Waals surface area contributed by atoms with Gasteiger partial charge in [0.05, 0.1) is 23.6 Å². The number of esters is 1. The number of nitro groups is 1. The molecule has 0 bridgehead atoms. The highest BCUT2D eigenvalue weighted by atomic mass is 32.1. The molecule has 2 aromatic heterocycles. The van der Waals surface area contributed by atoms with Gasteiger partial charge in [-0.2, -0.15) is 5.10 Å². The molecule has 0 saturated heterocycles. The van der Waals surface area contributed by atoms with Crippen LogP contribution in [0, 0.1) is 10.1 Å². The number of H-pyrrole nitrogens is 1. The summed E-state index contributed by atoms with van der Waals surface area (Å²) in [5, 5.41) is 20.7. The van der Waals surface area contributed by atoms with Crippen LogP contribution < -0.4 is 5.32 Å². The number of thiazole rings is 1. The van der Waals surface area contributed by atoms with Crippen molar-refractivity contribution in [1.82, 2.24) is 15.2 Å². The van der Waals surface area contributed by atoms with Crippen molar-refractivity contribution in [2.24, 2.45) is 0 Å². The van der Waals surface area contributed by atoms with Crippen molar-refractivity contribution in [3.63, 3.8) is 0 Å². The van der Waals surface area contributed by atoms with E-state index in [0.717, 1.165) is 17.5 Å². The molecule has 0 fully saturated rings. The largest absolute Gasteiger partial charge is 0.466 e. The summed E-state index contributed by atoms with van der Waals surface area (Å²) >= 11 is 1.09. The van der Waals surface area contributed by atoms with Crippen molar-refractivity contribution in [3.8, 4) is 0 Å². The summed E-state index contributed by atoms with van der Waals surface area (Å²) in [5.74, 6) is -1.16. The number of ether oxygens (including phenoxy) is 1. The molecule has 0 saturated carbocycles. The molecule has 0 spiro atoms. The molecule has 2 heterocycles. The highest BCUT2D eigenvalue weighted by Crippen LogP contribution is 2.20. The molecule has 0 radical (unpaired) electrons. The Labute approximate surface area is 127 Å². The molecule has 0 atom stereocenters. The van der Waals surface area contributed by atoms with Gasteiger partial charge in [0.25, 0.3) is 5.91 Å². The zero-order valence-electron chi connectivity index (χ0n) is 11.4. The van der Waals surface area contributed by atoms with E-state index in [1.54, 1.807) is 12.3 Å². The molecule has 22 heavy (non-hydrogen) atoms. The van der Waals surface area contributed by atoms with E-state index in [1.165, 1.54) is 0 Å². The van der Waals surface area contributed by atoms with E-state index in [2.05, 4.69) is 20.5 Å². The molecule has 0 aliphatic heterocycles. The number of rotatable bonds is 6. The third-order valence-electron chi connectivity index (χ3n) is 2.45. The fraction of sp³-hybridized carbons (Fsp3) is 0.273. The average Bonchev–Trinajstić information content (AvgIpc) is 3.08. The fourth-order valence-electron chi connectivity index (χ4n) is 1.55. The van der Waals surface area contributed by atoms with E-state index in [-0.39, 0.29) is 23.9 Å². The highest BCUT2D eigenvalue weighted by molar-refractivity contribution is 7.14. The van der Waals surface area contributed by atoms with E-state index >= 15 is 0 Å². The van der Waals surface area contributed by atoms with E-state index in [1.807, 2.05) is 0 Å². The highest BCUT2D eigenvalue weighted by Gasteiger charge is 2.23. The second-order valence-electron chi connectivity index (χ2n) is 3.97. The topological polar surface area (TPSA) is 140 Å². The lowest BCUT2D eigenvalue weighted by molar-refractivity contribution is -0.385. The number of anilines is 1. The first kappa shape index (κ1) is 15.6. The van der Waals surface area contributed by atoms with Crippen LogP contribution in [0.25, 0.3) is 0 Å². The molecule has 2 N–H and O–H groups in total. The van der Waals surface area contributed by atoms with Crippen molar-refractivity contribution in [3.05, 3.63) is 33.1 Å². The van der Waals surface area contributed by atoms with Crippen molar-refractivity contribution in [2.75, 3.05) is 11.9 Å². The zero-order chi connectivity index (χ0) is 16.1. The monoisotopic (exact) mass is 325 g/mol. The van der Waals surface area contributed by atoms with Crippen LogP contribution in [0.1, 0.15) is 23.1 Å². The fourth-order valence-corrected chi connectivity index (χ4v) is 2.26. The molecule has 0 unspecified atom stereocenters. The van der Waals surface area contributed by atoms with Gasteiger partial charge in [-0.05, 0) is 6.92 Å². The first-order chi connectivity index (χ1) is 10.5. The Balaban J connectivity index is 2.03. The van der Waals surface area contributed by atoms with E-state index in [0.29, 0.717) is 5.69 Å². The second kappa shape index (κ2) is 6.76. The van der Waals surface area contributed by atoms with Crippen molar-refractivity contribution < 1.29 is 19.2 Å². The van der Waals surface area contributed by atoms with Crippen LogP contribution in [-0.2, 0) is 16.0 Å². The summed E-state index contributed by atoms with van der Waals surface area (Å²) < 4.78 is 4.79. The van der Waals surface area contributed by atoms with E-state index < -0.39 is 22.5 Å². The maximum Gasteiger partial charge on any atom is 0.319 e. The smallest absolute Gasteiger partial charge is 0.319 e. The summed E-state index contributed by atoms with van der Waals surface area (Å²) in [6, 6.07) is 0. The van der Waals surface area contributed by atoms with Gasteiger partial charge in [-0.3, -0.25) is 30.1 Å². The van der Waals surface area contributed by atoms with Gasteiger partial charge in [0.2, 0.25) is 5.69 Å². The van der Waals surface area contributed by atoms with Crippen LogP contribution in [-0.4, -0.2) is 38.6 Å². The number of nitrogens with one attached hydrogen (secondary N) is 2. The molecule has 0 aliphatic carbocycles. The Morgan fingerprint density at radius 1 is 1.55 bits per heavy atom. The summed E-state index contributed by atoms with van der Waals surface area (Å²) in [7, 11) is 0. The average molecular weight is 325 g/mol. The number of carbonyl (C=O) groups excluding carboxylic acids is 2. The van der Waals surface area contributed by atoms with Gasteiger partial charge in [-0.15, -0.1) is 11.3 Å². The molecule has 1 amide bonds. The molecule has 11 heteroatoms. The van der Waals surface area contributed by atoms with Crippen LogP contribution in [0.4, 0.5) is 10.8 Å². The SMILES string of the molecule is CCOC(=O)Cc1csc(NC(=O)c2[nH]ncc2[N+](=O)[O-])n1. The number of carbonyl (C=O) groups is 2. The standard InChI is InChI=1S/C11H11N5O5S/c1-2-21-8(17)3-6-5-22-11(13-6)14-10(18)9-7(16(19)20)4-12-15-9/h4-5H,2-3H2,1H3,(H,12,15)(H,13,14,18). The molecule has 0 aliphatic rings. The Morgan fingerprint density at radius 3 is 3.00 bits per heavy atom. The molecule has 116 valence electrons. The Hall–Kier alpha value is -2.82. The van der Waals surface area contributed by atoms with Gasteiger partial charge >= 0.3 is 11.7 Å². The zero-order valence-corrected chi connectivity index (χ0v) is 12.2. The molecule has 2 aromatic rings. The van der Waals surface area contributed by atoms with Gasteiger partial charge in [0.15, 0.2) is 5.13 Å². The van der Waals surface area contributed by atoms with Crippen LogP contribution in [0.2, 0.25) is 0 Å². The summed E-state index contributed by atoms with van der Waals surface area (Å²) in [6.45, 7) is 1.97. The number of hydrogen-bond acceptors (Lipinski definition) is 8. The van der Waals surface area contributed by atoms with Crippen LogP contribution in [0.15, 0.2) is 11.6 Å². The first-order valence-corrected chi connectivity index (χ1v) is 6.98. The van der Waals surface area contributed by atoms with Crippen molar-refractivity contribution in [2.45, 2.75) is 13.3 Å². The van der Waals surface area contributed by atoms with Crippen LogP contribution in [0.5, 0.6) is 0 Å². The van der Waals surface area contributed by atoms with Crippen LogP contribution in [0.3, 0.4) is 0 Å². The molecule has 10 nitrogen and oxygen atoms in total. The predicted octanol–water partition coefficient (Wildman–Crippen LogP) is 1.13. The number of amides is 1. The normalized spacial score (nSPS) is 10.2. The van der Waals surface area contributed by atoms with Crippen molar-refractivity contribution >= 4 is 34.0 Å². The van der Waals surface area contributed by atoms with Gasteiger partial charge in [0.1, 0.15) is 6.20 Å². The van der Waals surface area contributed by atoms with Crippen molar-refractivity contribution in [1.29, 1.82) is 0 Å². The molecular weight excluding hydrogens is 314 g/mol. The second-order valence-corrected chi connectivity index (χ2v) is 4.83. The van der Waals surface area contributed by atoms with Gasteiger partial charge in [0, 0.05) is 5.38 Å². The Kier molecular flexibility index (Phi) is 4.78. The lowest BCUT2D eigenvalue weighted by Crippen LogP contribution is -2.14. The summed E-state index contributed by atoms with van der Waals surface area (Å²) in [6.07, 6.45) is 0.938. The number of nitrogens with zero attached hydrogens (tertiary/aromatic N) is 3. The minimum Gasteiger partial charge on any atom is -0.466 e. The summed E-state index contributed by atoms with van der Waals surface area (Å²) in [4.78, 5) is 37.3. The van der Waals surface area contributed by atoms with Crippen LogP contribution >= 0.6 is 11.3 Å². The molecule has 0 aromatic carbocycles. The first-order valence-electron chi connectivity index (χ1n) is 6.10. The molecule has 2 rings (SSSR count). The van der Waals surface area contributed by atoms with E-state index in [4.69, 9.17) is 4.74 Å². The lowest BCUT2D eigenvalue weighted by atomic mass is 10.3. The maximum atomic E-state index is 11.9. The quantitative estimate of drug-likeness (QED) is 0.461.